The summed E-state index contributed by atoms with van der Waals surface area (Å²) in [7, 11) is 0. The van der Waals surface area contributed by atoms with Crippen molar-refractivity contribution in [3.8, 4) is 5.75 Å². The summed E-state index contributed by atoms with van der Waals surface area (Å²) in [6.07, 6.45) is -0.572. The van der Waals surface area contributed by atoms with Gasteiger partial charge in [0.1, 0.15) is 23.7 Å². The van der Waals surface area contributed by atoms with Crippen molar-refractivity contribution in [1.82, 2.24) is 4.90 Å². The highest BCUT2D eigenvalue weighted by molar-refractivity contribution is 5.89. The Morgan fingerprint density at radius 1 is 0.957 bits per heavy atom. The Morgan fingerprint density at radius 2 is 1.65 bits per heavy atom. The van der Waals surface area contributed by atoms with E-state index >= 15 is 0 Å². The maximum atomic E-state index is 14.6. The maximum absolute atomic E-state index is 14.6. The number of nitrogens with zero attached hydrogens (tertiary/aromatic N) is 2. The normalized spacial score (nSPS) is 20.6. The van der Waals surface area contributed by atoms with E-state index in [1.807, 2.05) is 30.3 Å². The van der Waals surface area contributed by atoms with E-state index in [2.05, 4.69) is 0 Å². The number of hydrogen-bond donors (Lipinski definition) is 1. The van der Waals surface area contributed by atoms with Crippen LogP contribution in [0.1, 0.15) is 44.5 Å². The molecule has 1 aliphatic rings. The number of amides is 1. The third kappa shape index (κ3) is 7.26. The summed E-state index contributed by atoms with van der Waals surface area (Å²) in [6.45, 7) is -0.759. The number of phenolic OH excluding ortho intramolecular Hbond substituents is 1. The number of piperidine rings is 1. The van der Waals surface area contributed by atoms with Gasteiger partial charge in [-0.25, -0.2) is 18.0 Å². The van der Waals surface area contributed by atoms with Crippen molar-refractivity contribution in [1.29, 1.82) is 0 Å². The Hall–Kier alpha value is -4.63. The Bertz CT molecular complexity index is 1800. The first-order valence-corrected chi connectivity index (χ1v) is 15.2. The monoisotopic (exact) mass is 634 g/mol. The number of carbonyl (C=O) groups excluding carboxylic acids is 2. The van der Waals surface area contributed by atoms with Gasteiger partial charge < -0.3 is 19.2 Å². The molecule has 4 aromatic carbocycles. The fourth-order valence-corrected chi connectivity index (χ4v) is 6.22. The fraction of sp³-hybridized carbons (Fsp3) is 0.297. The van der Waals surface area contributed by atoms with Crippen LogP contribution >= 0.6 is 0 Å². The van der Waals surface area contributed by atoms with Gasteiger partial charge in [0.05, 0.1) is 42.1 Å². The lowest BCUT2D eigenvalue weighted by Crippen LogP contribution is -2.60. The van der Waals surface area contributed by atoms with Crippen molar-refractivity contribution >= 4 is 11.9 Å². The summed E-state index contributed by atoms with van der Waals surface area (Å²) in [5.41, 5.74) is -0.409. The van der Waals surface area contributed by atoms with Crippen molar-refractivity contribution in [3.63, 3.8) is 0 Å². The van der Waals surface area contributed by atoms with Crippen LogP contribution < -0.4 is 0 Å². The SMILES string of the molecule is [2H]C([2H])([2H])[N+](CC)(Cc1ccccc1)C[C@@H]1CN(C(=O)Cc2cc(F)c(F)cc2F)CC[C@@]1(OC(=O)c1ccccc1)c1cccc(O)c1. The van der Waals surface area contributed by atoms with Gasteiger partial charge in [-0.1, -0.05) is 60.7 Å². The quantitative estimate of drug-likeness (QED) is 0.121. The van der Waals surface area contributed by atoms with Crippen LogP contribution in [-0.2, 0) is 28.1 Å². The lowest BCUT2D eigenvalue weighted by Gasteiger charge is -2.50. The number of hydrogen-bond acceptors (Lipinski definition) is 4. The number of likely N-dealkylation sites (tertiary alicyclic amines) is 1. The molecule has 6 nitrogen and oxygen atoms in total. The molecule has 4 aromatic rings. The molecule has 1 amide bonds. The molecule has 240 valence electrons. The number of aromatic hydroxyl groups is 1. The van der Waals surface area contributed by atoms with Crippen LogP contribution in [0.4, 0.5) is 13.2 Å². The summed E-state index contributed by atoms with van der Waals surface area (Å²) in [6, 6.07) is 24.7. The molecule has 1 N–H and O–H groups in total. The average molecular weight is 635 g/mol. The van der Waals surface area contributed by atoms with Gasteiger partial charge in [0, 0.05) is 36.7 Å². The third-order valence-electron chi connectivity index (χ3n) is 8.76. The van der Waals surface area contributed by atoms with Crippen molar-refractivity contribution in [2.75, 3.05) is 33.2 Å². The molecule has 0 aliphatic carbocycles. The van der Waals surface area contributed by atoms with E-state index < -0.39 is 58.7 Å². The zero-order valence-corrected chi connectivity index (χ0v) is 25.5. The second-order valence-electron chi connectivity index (χ2n) is 11.8. The predicted molar refractivity (Wildman–Crippen MR) is 168 cm³/mol. The standard InChI is InChI=1S/C37H37F3N2O4/c1-3-42(2,24-26-11-6-4-7-12-26)25-30-23-41(35(44)20-28-19-33(39)34(40)22-32(28)38)18-17-37(30,29-15-10-16-31(43)21-29)46-36(45)27-13-8-5-9-14-27/h4-16,19,21-22,30H,3,17-18,20,23-25H2,1-2H3/p+1/t30-,37+,42?/m0/s1/i2D3. The Kier molecular flexibility index (Phi) is 8.64. The summed E-state index contributed by atoms with van der Waals surface area (Å²) < 4.78 is 74.5. The number of halogens is 3. The molecule has 0 radical (unpaired) electrons. The van der Waals surface area contributed by atoms with Gasteiger partial charge in [0.25, 0.3) is 0 Å². The molecule has 1 aliphatic heterocycles. The zero-order valence-electron chi connectivity index (χ0n) is 28.5. The van der Waals surface area contributed by atoms with Crippen LogP contribution in [-0.4, -0.2) is 59.5 Å². The topological polar surface area (TPSA) is 66.8 Å². The van der Waals surface area contributed by atoms with Crippen molar-refractivity contribution in [3.05, 3.63) is 137 Å². The average Bonchev–Trinajstić information content (AvgIpc) is 3.07. The lowest BCUT2D eigenvalue weighted by atomic mass is 9.74. The number of benzene rings is 4. The second kappa shape index (κ2) is 13.8. The summed E-state index contributed by atoms with van der Waals surface area (Å²) in [5.74, 6) is -5.98. The number of quaternary nitrogens is 1. The predicted octanol–water partition coefficient (Wildman–Crippen LogP) is 6.62. The molecule has 0 aromatic heterocycles. The molecule has 1 unspecified atom stereocenters. The molecule has 1 heterocycles. The second-order valence-corrected chi connectivity index (χ2v) is 11.8. The van der Waals surface area contributed by atoms with Crippen molar-refractivity contribution < 1.29 is 41.2 Å². The number of phenols is 1. The minimum absolute atomic E-state index is 0.00173. The number of ether oxygens (including phenoxy) is 1. The maximum Gasteiger partial charge on any atom is 0.339 e. The molecule has 0 spiro atoms. The molecule has 9 heteroatoms. The fourth-order valence-electron chi connectivity index (χ4n) is 6.22. The van der Waals surface area contributed by atoms with Crippen LogP contribution in [0.3, 0.4) is 0 Å². The van der Waals surface area contributed by atoms with Crippen LogP contribution in [0, 0.1) is 23.4 Å². The highest BCUT2D eigenvalue weighted by atomic mass is 19.2. The summed E-state index contributed by atoms with van der Waals surface area (Å²) >= 11 is 0. The minimum Gasteiger partial charge on any atom is -0.508 e. The first-order valence-electron chi connectivity index (χ1n) is 16.7. The van der Waals surface area contributed by atoms with Crippen LogP contribution in [0.15, 0.2) is 97.1 Å². The number of carbonyl (C=O) groups is 2. The van der Waals surface area contributed by atoms with Crippen LogP contribution in [0.2, 0.25) is 0 Å². The molecule has 5 rings (SSSR count). The smallest absolute Gasteiger partial charge is 0.339 e. The zero-order chi connectivity index (χ0) is 35.4. The lowest BCUT2D eigenvalue weighted by molar-refractivity contribution is -0.925. The van der Waals surface area contributed by atoms with Gasteiger partial charge in [0.2, 0.25) is 5.91 Å². The Labute approximate surface area is 271 Å². The first-order chi connectivity index (χ1) is 23.3. The van der Waals surface area contributed by atoms with E-state index in [0.717, 1.165) is 5.56 Å². The van der Waals surface area contributed by atoms with E-state index in [4.69, 9.17) is 8.85 Å². The largest absolute Gasteiger partial charge is 0.508 e. The van der Waals surface area contributed by atoms with Crippen molar-refractivity contribution in [2.24, 2.45) is 5.92 Å². The van der Waals surface area contributed by atoms with Crippen LogP contribution in [0.5, 0.6) is 5.75 Å². The van der Waals surface area contributed by atoms with Gasteiger partial charge >= 0.3 is 5.97 Å². The van der Waals surface area contributed by atoms with E-state index in [9.17, 15) is 27.9 Å². The summed E-state index contributed by atoms with van der Waals surface area (Å²) in [4.78, 5) is 28.9. The molecule has 0 saturated carbocycles. The molecule has 1 saturated heterocycles. The van der Waals surface area contributed by atoms with E-state index in [1.54, 1.807) is 49.4 Å². The third-order valence-corrected chi connectivity index (χ3v) is 8.76. The van der Waals surface area contributed by atoms with Crippen LogP contribution in [0.25, 0.3) is 0 Å². The van der Waals surface area contributed by atoms with Gasteiger partial charge in [-0.2, -0.15) is 0 Å². The Morgan fingerprint density at radius 3 is 2.33 bits per heavy atom. The Balaban J connectivity index is 1.62. The first kappa shape index (κ1) is 28.8. The highest BCUT2D eigenvalue weighted by Crippen LogP contribution is 2.44. The van der Waals surface area contributed by atoms with Gasteiger partial charge in [-0.3, -0.25) is 4.79 Å². The molecule has 46 heavy (non-hydrogen) atoms. The molecule has 0 bridgehead atoms. The van der Waals surface area contributed by atoms with E-state index in [1.165, 1.54) is 17.0 Å². The molecular formula is C37H38F3N2O4+. The number of esters is 1. The van der Waals surface area contributed by atoms with E-state index in [0.29, 0.717) is 17.7 Å². The highest BCUT2D eigenvalue weighted by Gasteiger charge is 2.51. The van der Waals surface area contributed by atoms with Gasteiger partial charge in [-0.05, 0) is 42.8 Å². The summed E-state index contributed by atoms with van der Waals surface area (Å²) in [5, 5.41) is 10.6. The minimum atomic E-state index is -2.56. The number of rotatable bonds is 10. The van der Waals surface area contributed by atoms with Gasteiger partial charge in [-0.15, -0.1) is 0 Å². The van der Waals surface area contributed by atoms with Crippen molar-refractivity contribution in [2.45, 2.75) is 31.9 Å². The molecule has 1 fully saturated rings. The molecule has 3 atom stereocenters. The van der Waals surface area contributed by atoms with E-state index in [-0.39, 0.29) is 56.0 Å². The molecular weight excluding hydrogens is 593 g/mol. The van der Waals surface area contributed by atoms with Gasteiger partial charge in [0.15, 0.2) is 11.6 Å².